The number of aromatic amines is 1. The zero-order valence-corrected chi connectivity index (χ0v) is 31.1. The number of anilines is 3. The maximum absolute atomic E-state index is 13.1. The Morgan fingerprint density at radius 1 is 0.836 bits per heavy atom. The SMILES string of the molecule is CN1CCC[C@@H]1c1cc2cnc(NC(=O)c3ccc(N4CCC(OC5CCN(c6ccc7c(c6)CN(C6CCC(=O)NC6=O)C7=O)CC5)CC4)nc3)cc2[nH]1. The van der Waals surface area contributed by atoms with Gasteiger partial charge in [0.1, 0.15) is 17.7 Å². The van der Waals surface area contributed by atoms with Crippen molar-refractivity contribution in [2.75, 3.05) is 54.9 Å². The Balaban J connectivity index is 0.727. The molecule has 4 fully saturated rings. The van der Waals surface area contributed by atoms with Crippen molar-refractivity contribution in [3.05, 3.63) is 77.2 Å². The Kier molecular flexibility index (Phi) is 9.46. The quantitative estimate of drug-likeness (QED) is 0.221. The number of rotatable bonds is 8. The smallest absolute Gasteiger partial charge is 0.258 e. The fourth-order valence-corrected chi connectivity index (χ4v) is 9.00. The van der Waals surface area contributed by atoms with E-state index in [0.717, 1.165) is 92.8 Å². The number of H-pyrrole nitrogens is 1. The summed E-state index contributed by atoms with van der Waals surface area (Å²) in [7, 11) is 2.16. The Hall–Kier alpha value is -5.34. The van der Waals surface area contributed by atoms with Crippen molar-refractivity contribution in [1.29, 1.82) is 0 Å². The molecular formula is C41H47N9O5. The van der Waals surface area contributed by atoms with Crippen molar-refractivity contribution >= 4 is 51.9 Å². The fraction of sp³-hybridized carbons (Fsp3) is 0.463. The van der Waals surface area contributed by atoms with Crippen molar-refractivity contribution in [2.45, 2.75) is 82.2 Å². The number of imide groups is 1. The summed E-state index contributed by atoms with van der Waals surface area (Å²) in [6.07, 6.45) is 10.5. The van der Waals surface area contributed by atoms with Gasteiger partial charge in [-0.25, -0.2) is 9.97 Å². The average Bonchev–Trinajstić information content (AvgIpc) is 3.91. The second-order valence-corrected chi connectivity index (χ2v) is 15.6. The number of fused-ring (bicyclic) bond motifs is 2. The zero-order chi connectivity index (χ0) is 37.6. The number of nitrogens with zero attached hydrogens (tertiary/aromatic N) is 6. The Bertz CT molecular complexity index is 2120. The van der Waals surface area contributed by atoms with Crippen LogP contribution in [-0.4, -0.2) is 106 Å². The van der Waals surface area contributed by atoms with Gasteiger partial charge in [-0.2, -0.15) is 0 Å². The van der Waals surface area contributed by atoms with Crippen LogP contribution in [0.1, 0.15) is 89.4 Å². The van der Waals surface area contributed by atoms with Crippen LogP contribution < -0.4 is 20.4 Å². The first-order valence-electron chi connectivity index (χ1n) is 19.6. The lowest BCUT2D eigenvalue weighted by molar-refractivity contribution is -0.136. The van der Waals surface area contributed by atoms with Crippen molar-refractivity contribution in [1.82, 2.24) is 30.1 Å². The molecular weight excluding hydrogens is 699 g/mol. The number of piperidine rings is 3. The number of pyridine rings is 2. The van der Waals surface area contributed by atoms with Gasteiger partial charge in [0.2, 0.25) is 11.8 Å². The van der Waals surface area contributed by atoms with E-state index < -0.39 is 6.04 Å². The molecule has 5 aliphatic rings. The molecule has 9 rings (SSSR count). The summed E-state index contributed by atoms with van der Waals surface area (Å²) in [5.41, 5.74) is 5.27. The van der Waals surface area contributed by atoms with Crippen molar-refractivity contribution < 1.29 is 23.9 Å². The maximum atomic E-state index is 13.1. The predicted octanol–water partition coefficient (Wildman–Crippen LogP) is 4.39. The highest BCUT2D eigenvalue weighted by molar-refractivity contribution is 6.06. The van der Waals surface area contributed by atoms with Gasteiger partial charge in [0.15, 0.2) is 0 Å². The minimum absolute atomic E-state index is 0.148. The van der Waals surface area contributed by atoms with Gasteiger partial charge >= 0.3 is 0 Å². The molecule has 1 aromatic carbocycles. The van der Waals surface area contributed by atoms with Gasteiger partial charge in [-0.05, 0) is 100 Å². The van der Waals surface area contributed by atoms with Gasteiger partial charge in [0.25, 0.3) is 11.8 Å². The summed E-state index contributed by atoms with van der Waals surface area (Å²) in [6, 6.07) is 13.5. The lowest BCUT2D eigenvalue weighted by atomic mass is 10.0. The summed E-state index contributed by atoms with van der Waals surface area (Å²) in [5.74, 6) is 0.298. The largest absolute Gasteiger partial charge is 0.375 e. The second kappa shape index (κ2) is 14.7. The first kappa shape index (κ1) is 35.4. The van der Waals surface area contributed by atoms with E-state index in [0.29, 0.717) is 36.0 Å². The van der Waals surface area contributed by atoms with Gasteiger partial charge in [-0.1, -0.05) is 0 Å². The van der Waals surface area contributed by atoms with E-state index in [2.05, 4.69) is 59.5 Å². The summed E-state index contributed by atoms with van der Waals surface area (Å²) in [6.45, 7) is 4.89. The van der Waals surface area contributed by atoms with Crippen LogP contribution >= 0.6 is 0 Å². The number of likely N-dealkylation sites (tertiary alicyclic amines) is 1. The van der Waals surface area contributed by atoms with E-state index in [1.54, 1.807) is 17.3 Å². The number of amides is 4. The van der Waals surface area contributed by atoms with Gasteiger partial charge in [-0.3, -0.25) is 29.4 Å². The Labute approximate surface area is 319 Å². The standard InChI is InChI=1S/C41H47N9O5/c1-47-14-2-3-34(47)33-20-26-23-42-36(21-32(26)44-33)45-39(52)25-4-8-37(43-22-25)49-17-12-30(13-18-49)55-29-10-15-48(16-11-29)28-5-6-31-27(19-28)24-50(41(31)54)35-7-9-38(51)46-40(35)53/h4-6,8,19-23,29-30,34-35,44H,2-3,7,9-18,24H2,1H3,(H,42,45,52)(H,46,51,53)/t34-,35?/m1/s1. The summed E-state index contributed by atoms with van der Waals surface area (Å²) in [4.78, 5) is 71.5. The molecule has 8 heterocycles. The third kappa shape index (κ3) is 7.16. The van der Waals surface area contributed by atoms with E-state index in [1.165, 1.54) is 12.1 Å². The van der Waals surface area contributed by atoms with Crippen LogP contribution in [0.3, 0.4) is 0 Å². The molecule has 2 atom stereocenters. The molecule has 55 heavy (non-hydrogen) atoms. The van der Waals surface area contributed by atoms with Crippen LogP contribution in [-0.2, 0) is 20.9 Å². The zero-order valence-electron chi connectivity index (χ0n) is 31.1. The maximum Gasteiger partial charge on any atom is 0.258 e. The van der Waals surface area contributed by atoms with Crippen molar-refractivity contribution in [2.24, 2.45) is 0 Å². The molecule has 0 spiro atoms. The highest BCUT2D eigenvalue weighted by Crippen LogP contribution is 2.34. The molecule has 14 nitrogen and oxygen atoms in total. The lowest BCUT2D eigenvalue weighted by Gasteiger charge is -2.38. The van der Waals surface area contributed by atoms with Crippen LogP contribution in [0.5, 0.6) is 0 Å². The Morgan fingerprint density at radius 2 is 1.62 bits per heavy atom. The highest BCUT2D eigenvalue weighted by atomic mass is 16.5. The van der Waals surface area contributed by atoms with Gasteiger partial charge in [0.05, 0.1) is 23.3 Å². The van der Waals surface area contributed by atoms with E-state index in [9.17, 15) is 19.2 Å². The number of ether oxygens (including phenoxy) is 1. The van der Waals surface area contributed by atoms with Gasteiger partial charge in [0, 0.05) is 86.0 Å². The average molecular weight is 746 g/mol. The topological polar surface area (TPSA) is 156 Å². The molecule has 3 aromatic heterocycles. The highest BCUT2D eigenvalue weighted by Gasteiger charge is 2.39. The number of carbonyl (C=O) groups excluding carboxylic acids is 4. The number of aromatic nitrogens is 3. The van der Waals surface area contributed by atoms with E-state index >= 15 is 0 Å². The molecule has 0 radical (unpaired) electrons. The molecule has 0 bridgehead atoms. The van der Waals surface area contributed by atoms with Gasteiger partial charge in [-0.15, -0.1) is 0 Å². The third-order valence-corrected chi connectivity index (χ3v) is 12.1. The lowest BCUT2D eigenvalue weighted by Crippen LogP contribution is -2.52. The fourth-order valence-electron chi connectivity index (χ4n) is 9.00. The number of benzene rings is 1. The summed E-state index contributed by atoms with van der Waals surface area (Å²) in [5, 5.41) is 6.34. The van der Waals surface area contributed by atoms with E-state index in [4.69, 9.17) is 4.74 Å². The van der Waals surface area contributed by atoms with Crippen LogP contribution in [0.4, 0.5) is 17.3 Å². The third-order valence-electron chi connectivity index (χ3n) is 12.1. The minimum atomic E-state index is -0.607. The number of hydrogen-bond donors (Lipinski definition) is 3. The molecule has 4 aromatic rings. The number of hydrogen-bond acceptors (Lipinski definition) is 10. The van der Waals surface area contributed by atoms with Crippen LogP contribution in [0.25, 0.3) is 10.9 Å². The van der Waals surface area contributed by atoms with E-state index in [-0.39, 0.29) is 42.3 Å². The van der Waals surface area contributed by atoms with Gasteiger partial charge < -0.3 is 29.7 Å². The second-order valence-electron chi connectivity index (χ2n) is 15.6. The van der Waals surface area contributed by atoms with Crippen LogP contribution in [0.15, 0.2) is 54.9 Å². The first-order chi connectivity index (χ1) is 26.8. The monoisotopic (exact) mass is 745 g/mol. The molecule has 1 unspecified atom stereocenters. The minimum Gasteiger partial charge on any atom is -0.375 e. The molecule has 3 N–H and O–H groups in total. The van der Waals surface area contributed by atoms with Crippen LogP contribution in [0.2, 0.25) is 0 Å². The number of nitrogens with one attached hydrogen (secondary N) is 3. The molecule has 0 aliphatic carbocycles. The normalized spacial score (nSPS) is 22.8. The number of carbonyl (C=O) groups is 4. The molecule has 4 saturated heterocycles. The Morgan fingerprint density at radius 3 is 2.33 bits per heavy atom. The van der Waals surface area contributed by atoms with Crippen molar-refractivity contribution in [3.8, 4) is 0 Å². The summed E-state index contributed by atoms with van der Waals surface area (Å²) >= 11 is 0. The first-order valence-corrected chi connectivity index (χ1v) is 19.6. The van der Waals surface area contributed by atoms with Crippen molar-refractivity contribution in [3.63, 3.8) is 0 Å². The van der Waals surface area contributed by atoms with Crippen LogP contribution in [0, 0.1) is 0 Å². The molecule has 4 amide bonds. The predicted molar refractivity (Wildman–Crippen MR) is 207 cm³/mol. The molecule has 286 valence electrons. The molecule has 5 aliphatic heterocycles. The molecule has 14 heteroatoms. The van der Waals surface area contributed by atoms with E-state index in [1.807, 2.05) is 30.3 Å². The molecule has 0 saturated carbocycles. The summed E-state index contributed by atoms with van der Waals surface area (Å²) < 4.78 is 6.60.